The highest BCUT2D eigenvalue weighted by atomic mass is 35.5. The highest BCUT2D eigenvalue weighted by Crippen LogP contribution is 2.42. The second-order valence-electron chi connectivity index (χ2n) is 7.45. The predicted molar refractivity (Wildman–Crippen MR) is 118 cm³/mol. The molecule has 2 aromatic heterocycles. The van der Waals surface area contributed by atoms with E-state index < -0.39 is 53.8 Å². The Bertz CT molecular complexity index is 1250. The van der Waals surface area contributed by atoms with Crippen LogP contribution in [0.2, 0.25) is 5.02 Å². The highest BCUT2D eigenvalue weighted by Gasteiger charge is 2.47. The van der Waals surface area contributed by atoms with E-state index in [-0.39, 0.29) is 17.1 Å². The molecule has 2 N–H and O–H groups in total. The molecule has 0 amide bonds. The van der Waals surface area contributed by atoms with Gasteiger partial charge in [0.15, 0.2) is 17.5 Å². The van der Waals surface area contributed by atoms with Gasteiger partial charge < -0.3 is 24.5 Å². The standard InChI is InChI=1S/C21H17ClF3N5O4S/c1-26-20-15(5-10(22)6-27-20)35-21-19(33-2)17(18(32)14(8-31)34-21)30-7-13(28-29-30)9-3-11(23)16(25)12(24)4-9/h3-7,14,17-19,21,31-32H,8H2,2H3/t14?,17-,18-,19?,21+/m0/s1. The number of halogens is 4. The van der Waals surface area contributed by atoms with Crippen molar-refractivity contribution in [3.05, 3.63) is 64.5 Å². The molecule has 0 bridgehead atoms. The number of hydrogen-bond acceptors (Lipinski definition) is 8. The van der Waals surface area contributed by atoms with Crippen LogP contribution in [0.1, 0.15) is 6.04 Å². The summed E-state index contributed by atoms with van der Waals surface area (Å²) in [5.41, 5.74) is -0.922. The van der Waals surface area contributed by atoms with Gasteiger partial charge in [-0.25, -0.2) is 17.9 Å². The minimum absolute atomic E-state index is 0.00966. The van der Waals surface area contributed by atoms with Crippen molar-refractivity contribution in [1.29, 1.82) is 0 Å². The number of thioether (sulfide) groups is 1. The zero-order valence-corrected chi connectivity index (χ0v) is 19.4. The number of aromatic nitrogens is 4. The SMILES string of the molecule is [C-]#[N+]c1ncc(Cl)cc1S[C@H]1OC(CO)[C@H](O)[C@H](n2cc(-c3cc(F)c(F)c(F)c3)nn2)C1OC. The van der Waals surface area contributed by atoms with E-state index in [1.165, 1.54) is 30.3 Å². The summed E-state index contributed by atoms with van der Waals surface area (Å²) in [6.45, 7) is 6.78. The van der Waals surface area contributed by atoms with E-state index in [0.29, 0.717) is 9.92 Å². The van der Waals surface area contributed by atoms with Crippen molar-refractivity contribution < 1.29 is 32.9 Å². The molecule has 14 heteroatoms. The van der Waals surface area contributed by atoms with Crippen molar-refractivity contribution in [2.45, 2.75) is 34.7 Å². The molecule has 0 spiro atoms. The molecular formula is C21H17ClF3N5O4S. The summed E-state index contributed by atoms with van der Waals surface area (Å²) < 4.78 is 53.4. The Morgan fingerprint density at radius 2 is 2.00 bits per heavy atom. The maximum absolute atomic E-state index is 13.7. The van der Waals surface area contributed by atoms with Crippen LogP contribution in [0.15, 0.2) is 35.5 Å². The number of aliphatic hydroxyl groups is 2. The van der Waals surface area contributed by atoms with Gasteiger partial charge in [-0.3, -0.25) is 0 Å². The third-order valence-electron chi connectivity index (χ3n) is 5.34. The van der Waals surface area contributed by atoms with Gasteiger partial charge in [-0.05, 0) is 18.2 Å². The van der Waals surface area contributed by atoms with Crippen LogP contribution >= 0.6 is 23.4 Å². The van der Waals surface area contributed by atoms with Crippen molar-refractivity contribution in [1.82, 2.24) is 20.0 Å². The Hall–Kier alpha value is -2.73. The van der Waals surface area contributed by atoms with Crippen molar-refractivity contribution in [2.24, 2.45) is 0 Å². The van der Waals surface area contributed by atoms with Crippen LogP contribution in [0.5, 0.6) is 0 Å². The summed E-state index contributed by atoms with van der Waals surface area (Å²) >= 11 is 7.09. The molecule has 1 aliphatic rings. The molecule has 4 rings (SSSR count). The lowest BCUT2D eigenvalue weighted by Crippen LogP contribution is -2.55. The van der Waals surface area contributed by atoms with Crippen LogP contribution in [-0.2, 0) is 9.47 Å². The normalized spacial score (nSPS) is 24.3. The smallest absolute Gasteiger partial charge is 0.283 e. The second kappa shape index (κ2) is 10.5. The van der Waals surface area contributed by atoms with Gasteiger partial charge in [0, 0.05) is 17.6 Å². The molecule has 35 heavy (non-hydrogen) atoms. The maximum Gasteiger partial charge on any atom is 0.283 e. The lowest BCUT2D eigenvalue weighted by atomic mass is 9.97. The van der Waals surface area contributed by atoms with Gasteiger partial charge in [0.2, 0.25) is 0 Å². The molecule has 0 radical (unpaired) electrons. The molecule has 9 nitrogen and oxygen atoms in total. The first-order chi connectivity index (χ1) is 16.8. The minimum atomic E-state index is -1.61. The first-order valence-electron chi connectivity index (χ1n) is 10.0. The van der Waals surface area contributed by atoms with Crippen LogP contribution in [-0.4, -0.2) is 67.7 Å². The number of benzene rings is 1. The number of hydrogen-bond donors (Lipinski definition) is 2. The van der Waals surface area contributed by atoms with E-state index in [1.807, 2.05) is 0 Å². The number of methoxy groups -OCH3 is 1. The molecule has 5 atom stereocenters. The quantitative estimate of drug-likeness (QED) is 0.371. The predicted octanol–water partition coefficient (Wildman–Crippen LogP) is 3.39. The van der Waals surface area contributed by atoms with Gasteiger partial charge in [-0.15, -0.1) is 21.8 Å². The van der Waals surface area contributed by atoms with E-state index in [9.17, 15) is 23.4 Å². The molecule has 1 aromatic carbocycles. The fourth-order valence-corrected chi connectivity index (χ4v) is 5.15. The third-order valence-corrected chi connectivity index (χ3v) is 6.71. The lowest BCUT2D eigenvalue weighted by molar-refractivity contribution is -0.186. The number of aliphatic hydroxyl groups excluding tert-OH is 2. The number of nitrogens with zero attached hydrogens (tertiary/aromatic N) is 5. The topological polar surface area (TPSA) is 107 Å². The molecule has 3 aromatic rings. The number of rotatable bonds is 6. The van der Waals surface area contributed by atoms with Gasteiger partial charge in [-0.1, -0.05) is 23.4 Å². The van der Waals surface area contributed by atoms with Gasteiger partial charge in [0.25, 0.3) is 5.82 Å². The molecule has 1 fully saturated rings. The Balaban J connectivity index is 1.70. The summed E-state index contributed by atoms with van der Waals surface area (Å²) in [4.78, 5) is 7.74. The summed E-state index contributed by atoms with van der Waals surface area (Å²) in [5, 5.41) is 28.8. The Morgan fingerprint density at radius 3 is 2.63 bits per heavy atom. The van der Waals surface area contributed by atoms with Gasteiger partial charge in [-0.2, -0.15) is 0 Å². The molecule has 2 unspecified atom stereocenters. The summed E-state index contributed by atoms with van der Waals surface area (Å²) in [7, 11) is 1.37. The molecule has 1 aliphatic heterocycles. The second-order valence-corrected chi connectivity index (χ2v) is 9.03. The Kier molecular flexibility index (Phi) is 7.60. The van der Waals surface area contributed by atoms with Gasteiger partial charge in [0.1, 0.15) is 41.7 Å². The average Bonchev–Trinajstić information content (AvgIpc) is 3.32. The zero-order valence-electron chi connectivity index (χ0n) is 17.8. The number of pyridine rings is 1. The molecule has 0 saturated carbocycles. The highest BCUT2D eigenvalue weighted by molar-refractivity contribution is 8.00. The van der Waals surface area contributed by atoms with E-state index >= 15 is 0 Å². The van der Waals surface area contributed by atoms with E-state index in [1.54, 1.807) is 0 Å². The van der Waals surface area contributed by atoms with Crippen LogP contribution in [0.25, 0.3) is 16.1 Å². The van der Waals surface area contributed by atoms with Gasteiger partial charge in [0.05, 0.1) is 17.8 Å². The van der Waals surface area contributed by atoms with Crippen molar-refractivity contribution >= 4 is 29.2 Å². The average molecular weight is 528 g/mol. The van der Waals surface area contributed by atoms with E-state index in [0.717, 1.165) is 23.9 Å². The summed E-state index contributed by atoms with van der Waals surface area (Å²) in [6, 6.07) is 2.10. The lowest BCUT2D eigenvalue weighted by Gasteiger charge is -2.43. The molecule has 0 aliphatic carbocycles. The summed E-state index contributed by atoms with van der Waals surface area (Å²) in [5.74, 6) is -4.32. The monoisotopic (exact) mass is 527 g/mol. The first-order valence-corrected chi connectivity index (χ1v) is 11.3. The molecule has 1 saturated heterocycles. The van der Waals surface area contributed by atoms with Crippen molar-refractivity contribution in [2.75, 3.05) is 13.7 Å². The van der Waals surface area contributed by atoms with Crippen LogP contribution in [0, 0.1) is 24.0 Å². The Labute approximate surface area is 206 Å². The fourth-order valence-electron chi connectivity index (χ4n) is 3.68. The van der Waals surface area contributed by atoms with Gasteiger partial charge >= 0.3 is 0 Å². The molecule has 3 heterocycles. The van der Waals surface area contributed by atoms with E-state index in [4.69, 9.17) is 27.6 Å². The Morgan fingerprint density at radius 1 is 1.29 bits per heavy atom. The van der Waals surface area contributed by atoms with Crippen molar-refractivity contribution in [3.63, 3.8) is 0 Å². The summed E-state index contributed by atoms with van der Waals surface area (Å²) in [6.07, 6.45) is -0.655. The van der Waals surface area contributed by atoms with Crippen molar-refractivity contribution in [3.8, 4) is 11.3 Å². The van der Waals surface area contributed by atoms with E-state index in [2.05, 4.69) is 20.1 Å². The molecule has 184 valence electrons. The third kappa shape index (κ3) is 4.99. The minimum Gasteiger partial charge on any atom is -0.394 e. The number of ether oxygens (including phenoxy) is 2. The van der Waals surface area contributed by atoms with Crippen LogP contribution in [0.4, 0.5) is 19.0 Å². The largest absolute Gasteiger partial charge is 0.394 e. The van der Waals surface area contributed by atoms with Crippen LogP contribution in [0.3, 0.4) is 0 Å². The molecular weight excluding hydrogens is 511 g/mol. The first kappa shape index (κ1) is 25.4. The fraction of sp³-hybridized carbons (Fsp3) is 0.333. The van der Waals surface area contributed by atoms with Crippen LogP contribution < -0.4 is 0 Å². The maximum atomic E-state index is 13.7. The zero-order chi connectivity index (χ0) is 25.3.